The van der Waals surface area contributed by atoms with Crippen molar-refractivity contribution in [3.05, 3.63) is 48.2 Å². The Hall–Kier alpha value is -1.31. The van der Waals surface area contributed by atoms with Gasteiger partial charge in [-0.05, 0) is 17.7 Å². The Bertz CT molecular complexity index is 307. The van der Waals surface area contributed by atoms with Gasteiger partial charge in [0.25, 0.3) is 0 Å². The predicted molar refractivity (Wildman–Crippen MR) is 51.2 cm³/mol. The van der Waals surface area contributed by atoms with E-state index in [0.29, 0.717) is 0 Å². The topological polar surface area (TPSA) is 9.23 Å². The van der Waals surface area contributed by atoms with Crippen molar-refractivity contribution >= 4 is 0 Å². The molecular formula is C11H12FO. The number of halogens is 1. The van der Waals surface area contributed by atoms with Gasteiger partial charge in [0.2, 0.25) is 0 Å². The predicted octanol–water partition coefficient (Wildman–Crippen LogP) is 2.96. The van der Waals surface area contributed by atoms with E-state index < -0.39 is 0 Å². The molecule has 0 bridgehead atoms. The summed E-state index contributed by atoms with van der Waals surface area (Å²) in [6, 6.07) is 4.85. The van der Waals surface area contributed by atoms with Gasteiger partial charge in [0.15, 0.2) is 11.6 Å². The molecule has 0 amide bonds. The Morgan fingerprint density at radius 2 is 2.23 bits per heavy atom. The molecule has 0 atom stereocenters. The monoisotopic (exact) mass is 179 g/mol. The van der Waals surface area contributed by atoms with Gasteiger partial charge < -0.3 is 4.74 Å². The van der Waals surface area contributed by atoms with Crippen LogP contribution >= 0.6 is 0 Å². The first kappa shape index (κ1) is 9.78. The van der Waals surface area contributed by atoms with E-state index >= 15 is 0 Å². The minimum atomic E-state index is -0.346. The zero-order valence-electron chi connectivity index (χ0n) is 7.80. The summed E-state index contributed by atoms with van der Waals surface area (Å²) in [5, 5.41) is 0. The molecule has 0 aliphatic heterocycles. The molecule has 0 N–H and O–H groups in total. The molecule has 0 aliphatic carbocycles. The molecule has 0 saturated heterocycles. The highest BCUT2D eigenvalue weighted by molar-refractivity contribution is 5.39. The second-order valence-corrected chi connectivity index (χ2v) is 2.74. The molecule has 0 saturated carbocycles. The van der Waals surface area contributed by atoms with Crippen LogP contribution in [-0.2, 0) is 0 Å². The molecule has 1 aromatic carbocycles. The fourth-order valence-electron chi connectivity index (χ4n) is 1.03. The fraction of sp³-hybridized carbons (Fsp3) is 0.182. The summed E-state index contributed by atoms with van der Waals surface area (Å²) in [7, 11) is 1.45. The third-order valence-electron chi connectivity index (χ3n) is 1.91. The van der Waals surface area contributed by atoms with Crippen LogP contribution in [0.15, 0.2) is 30.9 Å². The van der Waals surface area contributed by atoms with Crippen molar-refractivity contribution in [2.75, 3.05) is 7.11 Å². The Morgan fingerprint density at radius 1 is 1.54 bits per heavy atom. The normalized spacial score (nSPS) is 10.2. The first-order chi connectivity index (χ1) is 6.19. The number of hydrogen-bond acceptors (Lipinski definition) is 1. The van der Waals surface area contributed by atoms with Crippen LogP contribution in [0.3, 0.4) is 0 Å². The zero-order chi connectivity index (χ0) is 9.84. The molecular weight excluding hydrogens is 167 g/mol. The van der Waals surface area contributed by atoms with Gasteiger partial charge in [-0.15, -0.1) is 6.58 Å². The molecule has 1 aromatic rings. The second-order valence-electron chi connectivity index (χ2n) is 2.74. The number of allylic oxidation sites excluding steroid dienone is 1. The summed E-state index contributed by atoms with van der Waals surface area (Å²) >= 11 is 0. The van der Waals surface area contributed by atoms with Crippen LogP contribution in [-0.4, -0.2) is 7.11 Å². The molecule has 13 heavy (non-hydrogen) atoms. The van der Waals surface area contributed by atoms with Gasteiger partial charge in [-0.1, -0.05) is 19.1 Å². The van der Waals surface area contributed by atoms with Crippen molar-refractivity contribution in [1.82, 2.24) is 0 Å². The quantitative estimate of drug-likeness (QED) is 0.693. The Morgan fingerprint density at radius 3 is 2.69 bits per heavy atom. The van der Waals surface area contributed by atoms with E-state index in [-0.39, 0.29) is 11.6 Å². The van der Waals surface area contributed by atoms with Gasteiger partial charge in [0.1, 0.15) is 0 Å². The third-order valence-corrected chi connectivity index (χ3v) is 1.91. The van der Waals surface area contributed by atoms with Crippen LogP contribution in [0.2, 0.25) is 0 Å². The van der Waals surface area contributed by atoms with E-state index in [9.17, 15) is 4.39 Å². The van der Waals surface area contributed by atoms with Crippen LogP contribution < -0.4 is 4.74 Å². The summed E-state index contributed by atoms with van der Waals surface area (Å²) in [4.78, 5) is 0. The lowest BCUT2D eigenvalue weighted by Gasteiger charge is -2.07. The van der Waals surface area contributed by atoms with Gasteiger partial charge in [-0.2, -0.15) is 0 Å². The number of rotatable bonds is 3. The lowest BCUT2D eigenvalue weighted by Crippen LogP contribution is -1.93. The van der Waals surface area contributed by atoms with Gasteiger partial charge in [-0.3, -0.25) is 0 Å². The van der Waals surface area contributed by atoms with Crippen LogP contribution in [0.1, 0.15) is 12.5 Å². The van der Waals surface area contributed by atoms with E-state index in [1.165, 1.54) is 13.2 Å². The summed E-state index contributed by atoms with van der Waals surface area (Å²) in [5.41, 5.74) is 0.827. The van der Waals surface area contributed by atoms with E-state index in [4.69, 9.17) is 4.74 Å². The fourth-order valence-corrected chi connectivity index (χ4v) is 1.03. The number of hydrogen-bond donors (Lipinski definition) is 0. The van der Waals surface area contributed by atoms with Gasteiger partial charge >= 0.3 is 0 Å². The molecule has 1 rings (SSSR count). The maximum Gasteiger partial charge on any atom is 0.165 e. The average Bonchev–Trinajstić information content (AvgIpc) is 2.16. The zero-order valence-corrected chi connectivity index (χ0v) is 7.80. The van der Waals surface area contributed by atoms with Gasteiger partial charge in [0, 0.05) is 5.92 Å². The summed E-state index contributed by atoms with van der Waals surface area (Å²) in [6.45, 7) is 5.50. The van der Waals surface area contributed by atoms with Crippen molar-refractivity contribution in [2.24, 2.45) is 0 Å². The van der Waals surface area contributed by atoms with Crippen LogP contribution in [0.4, 0.5) is 4.39 Å². The first-order valence-electron chi connectivity index (χ1n) is 3.99. The van der Waals surface area contributed by atoms with Crippen molar-refractivity contribution in [3.8, 4) is 5.75 Å². The smallest absolute Gasteiger partial charge is 0.165 e. The summed E-state index contributed by atoms with van der Waals surface area (Å²) in [5.74, 6) is 0.864. The highest BCUT2D eigenvalue weighted by atomic mass is 19.1. The number of methoxy groups -OCH3 is 1. The SMILES string of the molecule is C=C[C](C)c1ccc(OC)c(F)c1. The summed E-state index contributed by atoms with van der Waals surface area (Å²) < 4.78 is 18.0. The molecule has 0 aromatic heterocycles. The minimum absolute atomic E-state index is 0.264. The first-order valence-corrected chi connectivity index (χ1v) is 3.99. The molecule has 0 heterocycles. The van der Waals surface area contributed by atoms with Crippen molar-refractivity contribution in [3.63, 3.8) is 0 Å². The average molecular weight is 179 g/mol. The van der Waals surface area contributed by atoms with Crippen LogP contribution in [0.25, 0.3) is 0 Å². The molecule has 0 spiro atoms. The van der Waals surface area contributed by atoms with Gasteiger partial charge in [-0.25, -0.2) is 4.39 Å². The maximum absolute atomic E-state index is 13.2. The van der Waals surface area contributed by atoms with Crippen molar-refractivity contribution in [1.29, 1.82) is 0 Å². The highest BCUT2D eigenvalue weighted by Crippen LogP contribution is 2.22. The van der Waals surface area contributed by atoms with E-state index in [0.717, 1.165) is 11.5 Å². The minimum Gasteiger partial charge on any atom is -0.494 e. The van der Waals surface area contributed by atoms with Crippen molar-refractivity contribution in [2.45, 2.75) is 6.92 Å². The molecule has 0 aliphatic rings. The highest BCUT2D eigenvalue weighted by Gasteiger charge is 2.06. The molecule has 69 valence electrons. The Kier molecular flexibility index (Phi) is 3.07. The number of benzene rings is 1. The molecule has 0 unspecified atom stereocenters. The van der Waals surface area contributed by atoms with Crippen molar-refractivity contribution < 1.29 is 9.13 Å². The van der Waals surface area contributed by atoms with Gasteiger partial charge in [0.05, 0.1) is 7.11 Å². The number of ether oxygens (including phenoxy) is 1. The lowest BCUT2D eigenvalue weighted by atomic mass is 10.0. The van der Waals surface area contributed by atoms with E-state index in [1.807, 2.05) is 6.92 Å². The van der Waals surface area contributed by atoms with Crippen LogP contribution in [0, 0.1) is 11.7 Å². The Balaban J connectivity index is 3.02. The molecule has 1 radical (unpaired) electrons. The van der Waals surface area contributed by atoms with E-state index in [2.05, 4.69) is 6.58 Å². The largest absolute Gasteiger partial charge is 0.494 e. The summed E-state index contributed by atoms with van der Waals surface area (Å²) in [6.07, 6.45) is 1.70. The lowest BCUT2D eigenvalue weighted by molar-refractivity contribution is 0.386. The van der Waals surface area contributed by atoms with Crippen LogP contribution in [0.5, 0.6) is 5.75 Å². The van der Waals surface area contributed by atoms with E-state index in [1.54, 1.807) is 18.2 Å². The third kappa shape index (κ3) is 2.08. The molecule has 2 heteroatoms. The Labute approximate surface area is 77.8 Å². The molecule has 0 fully saturated rings. The second kappa shape index (κ2) is 4.08. The molecule has 1 nitrogen and oxygen atoms in total. The standard InChI is InChI=1S/C11H12FO/c1-4-8(2)9-5-6-11(13-3)10(12)7-9/h4-7H,1H2,2-3H3. The maximum atomic E-state index is 13.2.